The third kappa shape index (κ3) is 4.41. The Kier molecular flexibility index (Phi) is 5.55. The molecule has 0 saturated carbocycles. The molecule has 0 bridgehead atoms. The van der Waals surface area contributed by atoms with Gasteiger partial charge < -0.3 is 5.32 Å². The summed E-state index contributed by atoms with van der Waals surface area (Å²) in [7, 11) is 2.00. The number of nitrogens with zero attached hydrogens (tertiary/aromatic N) is 1. The van der Waals surface area contributed by atoms with Crippen molar-refractivity contribution in [1.29, 1.82) is 0 Å². The second kappa shape index (κ2) is 7.17. The van der Waals surface area contributed by atoms with Crippen LogP contribution in [0.15, 0.2) is 51.5 Å². The molecule has 1 aromatic heterocycles. The number of nitrogens with one attached hydrogen (secondary N) is 1. The van der Waals surface area contributed by atoms with Gasteiger partial charge >= 0.3 is 0 Å². The van der Waals surface area contributed by atoms with E-state index in [0.717, 1.165) is 23.0 Å². The Bertz CT molecular complexity index is 526. The van der Waals surface area contributed by atoms with E-state index < -0.39 is 0 Å². The molecule has 2 aromatic rings. The SMILES string of the molecule is CNC(Cc1ccc(Br)cn1)Cc1ccccc1Br. The number of hydrogen-bond donors (Lipinski definition) is 1. The fraction of sp³-hybridized carbons (Fsp3) is 0.267. The summed E-state index contributed by atoms with van der Waals surface area (Å²) in [6, 6.07) is 12.8. The highest BCUT2D eigenvalue weighted by molar-refractivity contribution is 9.10. The molecular weight excluding hydrogens is 368 g/mol. The topological polar surface area (TPSA) is 24.9 Å². The van der Waals surface area contributed by atoms with E-state index in [1.54, 1.807) is 0 Å². The zero-order valence-electron chi connectivity index (χ0n) is 10.7. The first-order valence-corrected chi connectivity index (χ1v) is 7.78. The van der Waals surface area contributed by atoms with Gasteiger partial charge in [-0.15, -0.1) is 0 Å². The molecule has 0 radical (unpaired) electrons. The number of pyridine rings is 1. The molecule has 1 unspecified atom stereocenters. The van der Waals surface area contributed by atoms with Crippen molar-refractivity contribution < 1.29 is 0 Å². The lowest BCUT2D eigenvalue weighted by Gasteiger charge is -2.16. The van der Waals surface area contributed by atoms with Crippen molar-refractivity contribution in [2.45, 2.75) is 18.9 Å². The van der Waals surface area contributed by atoms with Gasteiger partial charge in [0.15, 0.2) is 0 Å². The van der Waals surface area contributed by atoms with E-state index in [9.17, 15) is 0 Å². The number of benzene rings is 1. The van der Waals surface area contributed by atoms with Crippen LogP contribution in [0.1, 0.15) is 11.3 Å². The molecule has 0 aliphatic heterocycles. The monoisotopic (exact) mass is 382 g/mol. The number of hydrogen-bond acceptors (Lipinski definition) is 2. The number of likely N-dealkylation sites (N-methyl/N-ethyl adjacent to an activating group) is 1. The molecule has 1 atom stereocenters. The van der Waals surface area contributed by atoms with Crippen LogP contribution in [0.3, 0.4) is 0 Å². The van der Waals surface area contributed by atoms with E-state index in [0.29, 0.717) is 6.04 Å². The second-order valence-corrected chi connectivity index (χ2v) is 6.22. The molecule has 1 aromatic carbocycles. The van der Waals surface area contributed by atoms with E-state index in [4.69, 9.17) is 0 Å². The Hall–Kier alpha value is -0.710. The van der Waals surface area contributed by atoms with E-state index in [1.807, 2.05) is 25.4 Å². The van der Waals surface area contributed by atoms with Crippen molar-refractivity contribution in [3.8, 4) is 0 Å². The first-order valence-electron chi connectivity index (χ1n) is 6.20. The third-order valence-corrected chi connectivity index (χ3v) is 4.32. The molecule has 2 nitrogen and oxygen atoms in total. The summed E-state index contributed by atoms with van der Waals surface area (Å²) in [6.45, 7) is 0. The molecule has 19 heavy (non-hydrogen) atoms. The van der Waals surface area contributed by atoms with Gasteiger partial charge in [0.2, 0.25) is 0 Å². The maximum atomic E-state index is 4.43. The van der Waals surface area contributed by atoms with Crippen LogP contribution in [0.4, 0.5) is 0 Å². The fourth-order valence-electron chi connectivity index (χ4n) is 1.99. The molecule has 2 rings (SSSR count). The van der Waals surface area contributed by atoms with Crippen LogP contribution in [-0.2, 0) is 12.8 Å². The lowest BCUT2D eigenvalue weighted by Crippen LogP contribution is -2.30. The molecule has 4 heteroatoms. The molecule has 0 fully saturated rings. The van der Waals surface area contributed by atoms with Crippen molar-refractivity contribution in [3.05, 3.63) is 62.8 Å². The van der Waals surface area contributed by atoms with Crippen LogP contribution >= 0.6 is 31.9 Å². The molecule has 0 spiro atoms. The largest absolute Gasteiger partial charge is 0.316 e. The van der Waals surface area contributed by atoms with Gasteiger partial charge in [-0.1, -0.05) is 34.1 Å². The maximum absolute atomic E-state index is 4.43. The molecule has 1 N–H and O–H groups in total. The van der Waals surface area contributed by atoms with Crippen LogP contribution in [0.25, 0.3) is 0 Å². The van der Waals surface area contributed by atoms with Gasteiger partial charge in [0.05, 0.1) is 0 Å². The van der Waals surface area contributed by atoms with Gasteiger partial charge in [0.25, 0.3) is 0 Å². The van der Waals surface area contributed by atoms with Crippen molar-refractivity contribution in [3.63, 3.8) is 0 Å². The maximum Gasteiger partial charge on any atom is 0.0420 e. The molecule has 0 saturated heterocycles. The van der Waals surface area contributed by atoms with Gasteiger partial charge in [-0.05, 0) is 53.2 Å². The van der Waals surface area contributed by atoms with Crippen molar-refractivity contribution >= 4 is 31.9 Å². The summed E-state index contributed by atoms with van der Waals surface area (Å²) in [4.78, 5) is 4.43. The minimum Gasteiger partial charge on any atom is -0.316 e. The molecule has 0 aliphatic rings. The molecular formula is C15H16Br2N2. The molecule has 1 heterocycles. The van der Waals surface area contributed by atoms with Crippen LogP contribution in [-0.4, -0.2) is 18.1 Å². The summed E-state index contributed by atoms with van der Waals surface area (Å²) in [6.07, 6.45) is 3.75. The molecule has 100 valence electrons. The lowest BCUT2D eigenvalue weighted by molar-refractivity contribution is 0.549. The zero-order chi connectivity index (χ0) is 13.7. The van der Waals surface area contributed by atoms with Gasteiger partial charge in [0.1, 0.15) is 0 Å². The Morgan fingerprint density at radius 3 is 2.53 bits per heavy atom. The summed E-state index contributed by atoms with van der Waals surface area (Å²) >= 11 is 7.01. The van der Waals surface area contributed by atoms with E-state index >= 15 is 0 Å². The highest BCUT2D eigenvalue weighted by Gasteiger charge is 2.11. The average molecular weight is 384 g/mol. The number of aromatic nitrogens is 1. The van der Waals surface area contributed by atoms with E-state index in [-0.39, 0.29) is 0 Å². The highest BCUT2D eigenvalue weighted by atomic mass is 79.9. The predicted octanol–water partition coefficient (Wildman–Crippen LogP) is 3.98. The van der Waals surface area contributed by atoms with E-state index in [1.165, 1.54) is 10.0 Å². The standard InChI is InChI=1S/C15H16Br2N2/c1-18-14(8-11-4-2-3-5-15(11)17)9-13-7-6-12(16)10-19-13/h2-7,10,14,18H,8-9H2,1H3. The van der Waals surface area contributed by atoms with Crippen LogP contribution in [0, 0.1) is 0 Å². The summed E-state index contributed by atoms with van der Waals surface area (Å²) < 4.78 is 2.18. The second-order valence-electron chi connectivity index (χ2n) is 4.45. The Morgan fingerprint density at radius 2 is 1.89 bits per heavy atom. The van der Waals surface area contributed by atoms with Crippen molar-refractivity contribution in [2.24, 2.45) is 0 Å². The normalized spacial score (nSPS) is 12.4. The van der Waals surface area contributed by atoms with E-state index in [2.05, 4.69) is 66.4 Å². The molecule has 0 aliphatic carbocycles. The Balaban J connectivity index is 2.05. The van der Waals surface area contributed by atoms with Crippen molar-refractivity contribution in [2.75, 3.05) is 7.05 Å². The summed E-state index contributed by atoms with van der Waals surface area (Å²) in [5, 5.41) is 3.37. The first kappa shape index (κ1) is 14.7. The van der Waals surface area contributed by atoms with Crippen LogP contribution < -0.4 is 5.32 Å². The van der Waals surface area contributed by atoms with Gasteiger partial charge in [-0.2, -0.15) is 0 Å². The lowest BCUT2D eigenvalue weighted by atomic mass is 10.0. The van der Waals surface area contributed by atoms with Gasteiger partial charge in [0, 0.05) is 33.3 Å². The van der Waals surface area contributed by atoms with Gasteiger partial charge in [-0.25, -0.2) is 0 Å². The summed E-state index contributed by atoms with van der Waals surface area (Å²) in [5.41, 5.74) is 2.42. The fourth-order valence-corrected chi connectivity index (χ4v) is 2.67. The first-order chi connectivity index (χ1) is 9.19. The van der Waals surface area contributed by atoms with Gasteiger partial charge in [-0.3, -0.25) is 4.98 Å². The average Bonchev–Trinajstić information content (AvgIpc) is 2.43. The molecule has 0 amide bonds. The number of halogens is 2. The third-order valence-electron chi connectivity index (χ3n) is 3.08. The Labute approximate surface area is 130 Å². The predicted molar refractivity (Wildman–Crippen MR) is 86.3 cm³/mol. The minimum absolute atomic E-state index is 0.382. The van der Waals surface area contributed by atoms with Crippen LogP contribution in [0.2, 0.25) is 0 Å². The smallest absolute Gasteiger partial charge is 0.0420 e. The number of rotatable bonds is 5. The highest BCUT2D eigenvalue weighted by Crippen LogP contribution is 2.18. The Morgan fingerprint density at radius 1 is 1.11 bits per heavy atom. The van der Waals surface area contributed by atoms with Crippen LogP contribution in [0.5, 0.6) is 0 Å². The minimum atomic E-state index is 0.382. The summed E-state index contributed by atoms with van der Waals surface area (Å²) in [5.74, 6) is 0. The quantitative estimate of drug-likeness (QED) is 0.844. The zero-order valence-corrected chi connectivity index (χ0v) is 13.9. The van der Waals surface area contributed by atoms with Crippen molar-refractivity contribution in [1.82, 2.24) is 10.3 Å².